The molecule has 68 heavy (non-hydrogen) atoms. The molecule has 0 aliphatic rings. The fraction of sp³-hybridized carbons (Fsp3) is 0.678. The monoisotopic (exact) mass is 950 g/mol. The van der Waals surface area contributed by atoms with Crippen molar-refractivity contribution in [2.75, 3.05) is 47.5 Å². The average molecular weight is 950 g/mol. The molecule has 0 saturated carbocycles. The van der Waals surface area contributed by atoms with Gasteiger partial charge in [0, 0.05) is 12.8 Å². The highest BCUT2D eigenvalue weighted by atomic mass is 16.7. The molecule has 0 aromatic heterocycles. The molecule has 0 rings (SSSR count). The van der Waals surface area contributed by atoms with Gasteiger partial charge < -0.3 is 33.3 Å². The van der Waals surface area contributed by atoms with Crippen molar-refractivity contribution in [3.63, 3.8) is 0 Å². The number of hydrogen-bond donors (Lipinski definition) is 0. The molecule has 0 aliphatic heterocycles. The van der Waals surface area contributed by atoms with E-state index in [4.69, 9.17) is 18.9 Å². The summed E-state index contributed by atoms with van der Waals surface area (Å²) in [5, 5.41) is 11.7. The molecule has 0 aromatic rings. The zero-order valence-corrected chi connectivity index (χ0v) is 43.9. The summed E-state index contributed by atoms with van der Waals surface area (Å²) < 4.78 is 22.6. The Morgan fingerprint density at radius 2 is 0.838 bits per heavy atom. The number of carboxylic acids is 1. The van der Waals surface area contributed by atoms with Gasteiger partial charge in [-0.25, -0.2) is 0 Å². The summed E-state index contributed by atoms with van der Waals surface area (Å²) in [7, 11) is 5.90. The van der Waals surface area contributed by atoms with Gasteiger partial charge in [0.15, 0.2) is 12.4 Å². The first-order valence-electron chi connectivity index (χ1n) is 26.9. The van der Waals surface area contributed by atoms with Crippen LogP contribution in [0.25, 0.3) is 0 Å². The molecule has 0 aliphatic carbocycles. The SMILES string of the molecule is CC/C=C\C/C=C\C/C=C\C/C=C\C/C=C\C/C=C\C/C=C\CCCCCCCCCC(=O)OC(COC(=O)CCCCCCC/C=C\CCCCCCC)COC(OCC[N+](C)(C)C)C(=O)[O-]. The summed E-state index contributed by atoms with van der Waals surface area (Å²) in [6.45, 7) is 4.58. The molecule has 0 saturated heterocycles. The molecule has 2 unspecified atom stereocenters. The number of carboxylic acid groups (broad SMARTS) is 1. The Morgan fingerprint density at radius 3 is 1.26 bits per heavy atom. The van der Waals surface area contributed by atoms with Gasteiger partial charge in [0.1, 0.15) is 13.2 Å². The van der Waals surface area contributed by atoms with Gasteiger partial charge in [-0.1, -0.05) is 188 Å². The zero-order valence-electron chi connectivity index (χ0n) is 43.9. The van der Waals surface area contributed by atoms with Gasteiger partial charge >= 0.3 is 11.9 Å². The van der Waals surface area contributed by atoms with Gasteiger partial charge in [-0.05, 0) is 96.3 Å². The van der Waals surface area contributed by atoms with E-state index in [2.05, 4.69) is 111 Å². The number of carbonyl (C=O) groups excluding carboxylic acids is 3. The third kappa shape index (κ3) is 50.1. The van der Waals surface area contributed by atoms with E-state index in [1.165, 1.54) is 57.8 Å². The quantitative estimate of drug-likeness (QED) is 0.0195. The number of hydrogen-bond acceptors (Lipinski definition) is 8. The van der Waals surface area contributed by atoms with Crippen LogP contribution in [0.15, 0.2) is 97.2 Å². The van der Waals surface area contributed by atoms with Crippen LogP contribution in [0.3, 0.4) is 0 Å². The van der Waals surface area contributed by atoms with Crippen molar-refractivity contribution in [1.82, 2.24) is 0 Å². The maximum atomic E-state index is 12.8. The lowest BCUT2D eigenvalue weighted by atomic mass is 10.1. The molecule has 2 atom stereocenters. The van der Waals surface area contributed by atoms with Crippen LogP contribution in [-0.2, 0) is 33.3 Å². The van der Waals surface area contributed by atoms with Crippen LogP contribution in [0.4, 0.5) is 0 Å². The highest BCUT2D eigenvalue weighted by molar-refractivity contribution is 5.70. The Kier molecular flexibility index (Phi) is 46.9. The van der Waals surface area contributed by atoms with Crippen molar-refractivity contribution in [3.05, 3.63) is 97.2 Å². The van der Waals surface area contributed by atoms with Crippen LogP contribution in [0.5, 0.6) is 0 Å². The lowest BCUT2D eigenvalue weighted by Crippen LogP contribution is -2.44. The van der Waals surface area contributed by atoms with Crippen LogP contribution in [0, 0.1) is 0 Å². The van der Waals surface area contributed by atoms with E-state index >= 15 is 0 Å². The van der Waals surface area contributed by atoms with E-state index in [1.54, 1.807) is 0 Å². The molecular formula is C59H99NO8. The van der Waals surface area contributed by atoms with Crippen molar-refractivity contribution in [2.45, 2.75) is 212 Å². The fourth-order valence-electron chi connectivity index (χ4n) is 6.92. The molecule has 0 aromatic carbocycles. The van der Waals surface area contributed by atoms with Crippen LogP contribution in [-0.4, -0.2) is 82.3 Å². The van der Waals surface area contributed by atoms with Crippen LogP contribution in [0.1, 0.15) is 200 Å². The number of rotatable bonds is 48. The van der Waals surface area contributed by atoms with Crippen molar-refractivity contribution < 1.29 is 42.9 Å². The molecular weight excluding hydrogens is 851 g/mol. The smallest absolute Gasteiger partial charge is 0.306 e. The first-order chi connectivity index (χ1) is 33.1. The minimum absolute atomic E-state index is 0.139. The van der Waals surface area contributed by atoms with Crippen LogP contribution < -0.4 is 5.11 Å². The third-order valence-corrected chi connectivity index (χ3v) is 11.1. The summed E-state index contributed by atoms with van der Waals surface area (Å²) in [5.74, 6) is -2.32. The third-order valence-electron chi connectivity index (χ3n) is 11.1. The largest absolute Gasteiger partial charge is 0.545 e. The normalized spacial score (nSPS) is 13.6. The van der Waals surface area contributed by atoms with Gasteiger partial charge in [0.25, 0.3) is 0 Å². The van der Waals surface area contributed by atoms with Crippen molar-refractivity contribution in [2.24, 2.45) is 0 Å². The topological polar surface area (TPSA) is 111 Å². The second-order valence-corrected chi connectivity index (χ2v) is 18.8. The first kappa shape index (κ1) is 64.2. The van der Waals surface area contributed by atoms with Crippen molar-refractivity contribution in [1.29, 1.82) is 0 Å². The molecule has 9 nitrogen and oxygen atoms in total. The molecule has 9 heteroatoms. The molecule has 0 heterocycles. The zero-order chi connectivity index (χ0) is 49.9. The van der Waals surface area contributed by atoms with Crippen LogP contribution >= 0.6 is 0 Å². The fourth-order valence-corrected chi connectivity index (χ4v) is 6.92. The maximum Gasteiger partial charge on any atom is 0.306 e. The number of likely N-dealkylation sites (N-methyl/N-ethyl adjacent to an activating group) is 1. The first-order valence-corrected chi connectivity index (χ1v) is 26.9. The Balaban J connectivity index is 4.32. The van der Waals surface area contributed by atoms with E-state index in [0.717, 1.165) is 109 Å². The van der Waals surface area contributed by atoms with Gasteiger partial charge in [-0.3, -0.25) is 9.59 Å². The molecule has 0 amide bonds. The number of esters is 2. The van der Waals surface area contributed by atoms with E-state index in [1.807, 2.05) is 21.1 Å². The Morgan fingerprint density at radius 1 is 0.456 bits per heavy atom. The molecule has 0 bridgehead atoms. The Labute approximate surface area is 416 Å². The van der Waals surface area contributed by atoms with Crippen molar-refractivity contribution >= 4 is 17.9 Å². The second kappa shape index (κ2) is 49.6. The van der Waals surface area contributed by atoms with Gasteiger partial charge in [0.2, 0.25) is 0 Å². The Bertz CT molecular complexity index is 1430. The number of carbonyl (C=O) groups is 3. The predicted molar refractivity (Wildman–Crippen MR) is 283 cm³/mol. The molecule has 388 valence electrons. The number of allylic oxidation sites excluding steroid dienone is 16. The summed E-state index contributed by atoms with van der Waals surface area (Å²) >= 11 is 0. The van der Waals surface area contributed by atoms with Gasteiger partial charge in [-0.15, -0.1) is 0 Å². The molecule has 0 radical (unpaired) electrons. The van der Waals surface area contributed by atoms with Gasteiger partial charge in [0.05, 0.1) is 40.3 Å². The summed E-state index contributed by atoms with van der Waals surface area (Å²) in [6, 6.07) is 0. The number of quaternary nitrogens is 1. The minimum atomic E-state index is -1.63. The van der Waals surface area contributed by atoms with E-state index in [-0.39, 0.29) is 38.6 Å². The average Bonchev–Trinajstić information content (AvgIpc) is 3.30. The lowest BCUT2D eigenvalue weighted by molar-refractivity contribution is -0.870. The predicted octanol–water partition coefficient (Wildman–Crippen LogP) is 14.1. The van der Waals surface area contributed by atoms with Crippen molar-refractivity contribution in [3.8, 4) is 0 Å². The highest BCUT2D eigenvalue weighted by Crippen LogP contribution is 2.13. The summed E-state index contributed by atoms with van der Waals surface area (Å²) in [4.78, 5) is 37.2. The number of nitrogens with zero attached hydrogens (tertiary/aromatic N) is 1. The molecule has 0 spiro atoms. The highest BCUT2D eigenvalue weighted by Gasteiger charge is 2.22. The number of aliphatic carboxylic acids is 1. The Hall–Kier alpha value is -3.79. The van der Waals surface area contributed by atoms with E-state index < -0.39 is 24.3 Å². The summed E-state index contributed by atoms with van der Waals surface area (Å²) in [5.41, 5.74) is 0. The standard InChI is InChI=1S/C59H99NO8/c1-6-8-10-12-14-16-18-20-22-23-24-25-26-27-28-29-30-31-32-33-34-35-36-38-40-42-44-46-48-50-57(62)68-55(54-67-59(58(63)64)65-52-51-60(3,4)5)53-66-56(61)49-47-45-43-41-39-37-21-19-17-15-13-11-9-7-2/h8,10,14,16,19-22,24-25,27-28,30-31,33-34,55,59H,6-7,9,11-13,15,17-18,23,26,29,32,35-54H2,1-5H3/b10-8-,16-14-,21-19-,22-20-,25-24-,28-27-,31-30-,34-33-. The minimum Gasteiger partial charge on any atom is -0.545 e. The number of ether oxygens (including phenoxy) is 4. The molecule has 0 N–H and O–H groups in total. The number of unbranched alkanes of at least 4 members (excludes halogenated alkanes) is 17. The maximum absolute atomic E-state index is 12.8. The van der Waals surface area contributed by atoms with E-state index in [0.29, 0.717) is 17.4 Å². The lowest BCUT2D eigenvalue weighted by Gasteiger charge is -2.26. The molecule has 0 fully saturated rings. The van der Waals surface area contributed by atoms with Gasteiger partial charge in [-0.2, -0.15) is 0 Å². The van der Waals surface area contributed by atoms with E-state index in [9.17, 15) is 19.5 Å². The second-order valence-electron chi connectivity index (χ2n) is 18.8. The van der Waals surface area contributed by atoms with Crippen LogP contribution in [0.2, 0.25) is 0 Å². The summed E-state index contributed by atoms with van der Waals surface area (Å²) in [6.07, 6.45) is 63.0.